The number of halogens is 3. The summed E-state index contributed by atoms with van der Waals surface area (Å²) in [6.45, 7) is 0. The fourth-order valence-corrected chi connectivity index (χ4v) is 2.56. The molecule has 0 aliphatic carbocycles. The molecule has 3 aromatic heterocycles. The summed E-state index contributed by atoms with van der Waals surface area (Å²) in [6.07, 6.45) is 1.62. The van der Waals surface area contributed by atoms with Gasteiger partial charge in [0.15, 0.2) is 0 Å². The summed E-state index contributed by atoms with van der Waals surface area (Å²) in [6, 6.07) is 8.37. The molecule has 0 spiro atoms. The molecule has 0 bridgehead atoms. The minimum absolute atomic E-state index is 0.293. The molecule has 9 heteroatoms. The molecule has 4 rings (SSSR count). The highest BCUT2D eigenvalue weighted by Crippen LogP contribution is 2.35. The van der Waals surface area contributed by atoms with Crippen molar-refractivity contribution in [2.24, 2.45) is 0 Å². The number of benzene rings is 1. The maximum atomic E-state index is 13.0. The topological polar surface area (TPSA) is 68.0 Å². The molecule has 0 aliphatic rings. The van der Waals surface area contributed by atoms with Gasteiger partial charge in [0.2, 0.25) is 0 Å². The number of hydrogen-bond acceptors (Lipinski definition) is 5. The Bertz CT molecular complexity index is 1060. The summed E-state index contributed by atoms with van der Waals surface area (Å²) in [5.74, 6) is 0. The van der Waals surface area contributed by atoms with Crippen molar-refractivity contribution >= 4 is 16.9 Å². The first kappa shape index (κ1) is 16.0. The van der Waals surface area contributed by atoms with Crippen molar-refractivity contribution < 1.29 is 13.2 Å². The molecular formula is C17H11F3N6. The number of rotatable bonds is 3. The van der Waals surface area contributed by atoms with Gasteiger partial charge in [0, 0.05) is 18.1 Å². The second-order valence-corrected chi connectivity index (χ2v) is 5.43. The summed E-state index contributed by atoms with van der Waals surface area (Å²) in [7, 11) is 0. The average molecular weight is 356 g/mol. The summed E-state index contributed by atoms with van der Waals surface area (Å²) in [4.78, 5) is 12.1. The Labute approximate surface area is 145 Å². The first-order chi connectivity index (χ1) is 12.5. The van der Waals surface area contributed by atoms with Gasteiger partial charge in [-0.05, 0) is 30.3 Å². The van der Waals surface area contributed by atoms with Crippen molar-refractivity contribution in [2.45, 2.75) is 6.18 Å². The Morgan fingerprint density at radius 2 is 1.85 bits per heavy atom. The maximum absolute atomic E-state index is 13.0. The van der Waals surface area contributed by atoms with E-state index < -0.39 is 11.7 Å². The number of hydrogen-bond donors (Lipinski definition) is 1. The lowest BCUT2D eigenvalue weighted by Gasteiger charge is -2.11. The molecule has 1 aromatic carbocycles. The standard InChI is InChI=1S/C17H11F3N6/c18-17(19,20)11-2-1-3-12(8-11)24-16-14-5-7-22-10-26(14)25-15(16)13-4-6-21-9-23-13/h1-10,24H. The first-order valence-corrected chi connectivity index (χ1v) is 7.55. The summed E-state index contributed by atoms with van der Waals surface area (Å²) < 4.78 is 40.5. The van der Waals surface area contributed by atoms with E-state index in [1.54, 1.807) is 30.6 Å². The van der Waals surface area contributed by atoms with E-state index in [1.807, 2.05) is 0 Å². The van der Waals surface area contributed by atoms with Crippen LogP contribution in [0.2, 0.25) is 0 Å². The van der Waals surface area contributed by atoms with Gasteiger partial charge in [0.25, 0.3) is 0 Å². The van der Waals surface area contributed by atoms with E-state index in [-0.39, 0.29) is 0 Å². The zero-order valence-electron chi connectivity index (χ0n) is 13.1. The lowest BCUT2D eigenvalue weighted by atomic mass is 10.1. The van der Waals surface area contributed by atoms with E-state index in [9.17, 15) is 13.2 Å². The van der Waals surface area contributed by atoms with Gasteiger partial charge in [-0.1, -0.05) is 6.07 Å². The van der Waals surface area contributed by atoms with E-state index in [0.29, 0.717) is 28.3 Å². The second-order valence-electron chi connectivity index (χ2n) is 5.43. The normalized spacial score (nSPS) is 11.7. The SMILES string of the molecule is FC(F)(F)c1cccc(Nc2c(-c3ccncn3)nn3cnccc23)c1. The summed E-state index contributed by atoms with van der Waals surface area (Å²) >= 11 is 0. The third-order valence-electron chi connectivity index (χ3n) is 3.73. The fourth-order valence-electron chi connectivity index (χ4n) is 2.56. The zero-order valence-corrected chi connectivity index (χ0v) is 13.1. The molecular weight excluding hydrogens is 345 g/mol. The van der Waals surface area contributed by atoms with Crippen molar-refractivity contribution in [3.8, 4) is 11.4 Å². The van der Waals surface area contributed by atoms with Crippen LogP contribution in [0, 0.1) is 0 Å². The van der Waals surface area contributed by atoms with Crippen molar-refractivity contribution in [1.29, 1.82) is 0 Å². The Morgan fingerprint density at radius 1 is 1.00 bits per heavy atom. The Kier molecular flexibility index (Phi) is 3.76. The number of nitrogens with zero attached hydrogens (tertiary/aromatic N) is 5. The molecule has 0 aliphatic heterocycles. The van der Waals surface area contributed by atoms with Crippen molar-refractivity contribution in [3.05, 3.63) is 67.0 Å². The van der Waals surface area contributed by atoms with Crippen LogP contribution in [0.5, 0.6) is 0 Å². The Hall–Kier alpha value is -3.49. The highest BCUT2D eigenvalue weighted by molar-refractivity contribution is 5.88. The van der Waals surface area contributed by atoms with Crippen LogP contribution in [0.4, 0.5) is 24.5 Å². The van der Waals surface area contributed by atoms with Gasteiger partial charge >= 0.3 is 6.18 Å². The van der Waals surface area contributed by atoms with Crippen LogP contribution in [0.15, 0.2) is 61.4 Å². The molecule has 0 atom stereocenters. The van der Waals surface area contributed by atoms with Crippen LogP contribution in [-0.2, 0) is 6.18 Å². The quantitative estimate of drug-likeness (QED) is 0.602. The third kappa shape index (κ3) is 2.94. The van der Waals surface area contributed by atoms with Gasteiger partial charge in [-0.2, -0.15) is 18.3 Å². The van der Waals surface area contributed by atoms with Crippen molar-refractivity contribution in [3.63, 3.8) is 0 Å². The molecule has 0 unspecified atom stereocenters. The number of alkyl halides is 3. The molecule has 26 heavy (non-hydrogen) atoms. The van der Waals surface area contributed by atoms with Crippen LogP contribution >= 0.6 is 0 Å². The molecule has 0 amide bonds. The number of anilines is 2. The highest BCUT2D eigenvalue weighted by Gasteiger charge is 2.30. The number of fused-ring (bicyclic) bond motifs is 1. The molecule has 0 saturated heterocycles. The van der Waals surface area contributed by atoms with Crippen LogP contribution in [0.25, 0.3) is 16.9 Å². The Balaban J connectivity index is 1.84. The van der Waals surface area contributed by atoms with Gasteiger partial charge in [-0.25, -0.2) is 19.5 Å². The van der Waals surface area contributed by atoms with Crippen molar-refractivity contribution in [1.82, 2.24) is 24.6 Å². The largest absolute Gasteiger partial charge is 0.416 e. The predicted molar refractivity (Wildman–Crippen MR) is 88.7 cm³/mol. The van der Waals surface area contributed by atoms with E-state index in [1.165, 1.54) is 23.2 Å². The van der Waals surface area contributed by atoms with Crippen LogP contribution in [0.1, 0.15) is 5.56 Å². The zero-order chi connectivity index (χ0) is 18.1. The summed E-state index contributed by atoms with van der Waals surface area (Å²) in [5, 5.41) is 7.46. The molecule has 3 heterocycles. The molecule has 1 N–H and O–H groups in total. The maximum Gasteiger partial charge on any atom is 0.416 e. The lowest BCUT2D eigenvalue weighted by molar-refractivity contribution is -0.137. The molecule has 6 nitrogen and oxygen atoms in total. The molecule has 0 fully saturated rings. The van der Waals surface area contributed by atoms with Crippen LogP contribution in [-0.4, -0.2) is 24.6 Å². The number of aromatic nitrogens is 5. The van der Waals surface area contributed by atoms with Gasteiger partial charge in [0.05, 0.1) is 22.5 Å². The molecule has 0 radical (unpaired) electrons. The van der Waals surface area contributed by atoms with Gasteiger partial charge < -0.3 is 5.32 Å². The summed E-state index contributed by atoms with van der Waals surface area (Å²) in [5.41, 5.74) is 1.78. The van der Waals surface area contributed by atoms with E-state index in [2.05, 4.69) is 25.4 Å². The van der Waals surface area contributed by atoms with Gasteiger partial charge in [-0.3, -0.25) is 0 Å². The minimum Gasteiger partial charge on any atom is -0.352 e. The Morgan fingerprint density at radius 3 is 2.62 bits per heavy atom. The second kappa shape index (κ2) is 6.10. The first-order valence-electron chi connectivity index (χ1n) is 7.55. The molecule has 4 aromatic rings. The monoisotopic (exact) mass is 356 g/mol. The van der Waals surface area contributed by atoms with Crippen molar-refractivity contribution in [2.75, 3.05) is 5.32 Å². The van der Waals surface area contributed by atoms with E-state index in [4.69, 9.17) is 0 Å². The van der Waals surface area contributed by atoms with Crippen LogP contribution in [0.3, 0.4) is 0 Å². The third-order valence-corrected chi connectivity index (χ3v) is 3.73. The van der Waals surface area contributed by atoms with Gasteiger partial charge in [0.1, 0.15) is 18.3 Å². The molecule has 130 valence electrons. The average Bonchev–Trinajstić information content (AvgIpc) is 3.01. The lowest BCUT2D eigenvalue weighted by Crippen LogP contribution is -2.05. The minimum atomic E-state index is -4.42. The van der Waals surface area contributed by atoms with Crippen LogP contribution < -0.4 is 5.32 Å². The predicted octanol–water partition coefficient (Wildman–Crippen LogP) is 3.95. The van der Waals surface area contributed by atoms with E-state index in [0.717, 1.165) is 12.1 Å². The highest BCUT2D eigenvalue weighted by atomic mass is 19.4. The number of nitrogens with one attached hydrogen (secondary N) is 1. The van der Waals surface area contributed by atoms with Gasteiger partial charge in [-0.15, -0.1) is 0 Å². The smallest absolute Gasteiger partial charge is 0.352 e. The molecule has 0 saturated carbocycles. The van der Waals surface area contributed by atoms with E-state index >= 15 is 0 Å². The fraction of sp³-hybridized carbons (Fsp3) is 0.0588.